The van der Waals surface area contributed by atoms with Gasteiger partial charge in [-0.05, 0) is 32.4 Å². The second-order valence-corrected chi connectivity index (χ2v) is 7.19. The average Bonchev–Trinajstić information content (AvgIpc) is 3.09. The van der Waals surface area contributed by atoms with Gasteiger partial charge in [-0.3, -0.25) is 4.79 Å². The van der Waals surface area contributed by atoms with Gasteiger partial charge in [-0.25, -0.2) is 4.98 Å². The molecule has 0 spiro atoms. The van der Waals surface area contributed by atoms with Gasteiger partial charge in [0.25, 0.3) is 0 Å². The van der Waals surface area contributed by atoms with E-state index < -0.39 is 5.60 Å². The Kier molecular flexibility index (Phi) is 4.64. The summed E-state index contributed by atoms with van der Waals surface area (Å²) >= 11 is 0. The predicted octanol–water partition coefficient (Wildman–Crippen LogP) is 3.99. The molecule has 0 bridgehead atoms. The lowest BCUT2D eigenvalue weighted by Crippen LogP contribution is -2.22. The highest BCUT2D eigenvalue weighted by atomic mass is 16.5. The average molecular weight is 381 g/mol. The van der Waals surface area contributed by atoms with Gasteiger partial charge in [0.1, 0.15) is 12.1 Å². The highest BCUT2D eigenvalue weighted by Gasteiger charge is 2.29. The molecule has 1 aliphatic rings. The van der Waals surface area contributed by atoms with Crippen LogP contribution < -0.4 is 16.0 Å². The number of amides is 1. The molecule has 3 heterocycles. The number of hydrogen-bond acceptors (Lipinski definition) is 7. The zero-order valence-electron chi connectivity index (χ0n) is 16.1. The van der Waals surface area contributed by atoms with E-state index in [0.717, 1.165) is 24.2 Å². The van der Waals surface area contributed by atoms with Crippen molar-refractivity contribution in [3.8, 4) is 0 Å². The van der Waals surface area contributed by atoms with E-state index in [1.54, 1.807) is 12.3 Å². The van der Waals surface area contributed by atoms with E-state index in [1.807, 2.05) is 32.0 Å². The van der Waals surface area contributed by atoms with Gasteiger partial charge in [-0.2, -0.15) is 4.98 Å². The number of fused-ring (bicyclic) bond motifs is 2. The summed E-state index contributed by atoms with van der Waals surface area (Å²) in [5.74, 6) is 0.922. The molecule has 0 radical (unpaired) electrons. The Bertz CT molecular complexity index is 1030. The van der Waals surface area contributed by atoms with Crippen molar-refractivity contribution in [1.82, 2.24) is 9.97 Å². The molecule has 1 aromatic carbocycles. The highest BCUT2D eigenvalue weighted by Crippen LogP contribution is 2.35. The largest absolute Gasteiger partial charge is 0.459 e. The molecule has 0 saturated heterocycles. The molecule has 0 aliphatic carbocycles. The van der Waals surface area contributed by atoms with Crippen LogP contribution in [0.3, 0.4) is 0 Å². The van der Waals surface area contributed by atoms with Crippen LogP contribution in [0.5, 0.6) is 0 Å². The Labute approximate surface area is 162 Å². The maximum atomic E-state index is 12.0. The van der Waals surface area contributed by atoms with E-state index in [-0.39, 0.29) is 12.5 Å². The number of carbonyl (C=O) groups excluding carboxylic acids is 1. The number of benzene rings is 1. The van der Waals surface area contributed by atoms with Crippen LogP contribution in [-0.4, -0.2) is 29.0 Å². The Morgan fingerprint density at radius 1 is 1.25 bits per heavy atom. The van der Waals surface area contributed by atoms with Crippen molar-refractivity contribution in [2.45, 2.75) is 32.8 Å². The molecule has 0 fully saturated rings. The quantitative estimate of drug-likeness (QED) is 0.614. The summed E-state index contributed by atoms with van der Waals surface area (Å²) in [6.07, 6.45) is 2.57. The summed E-state index contributed by atoms with van der Waals surface area (Å²) in [4.78, 5) is 21.0. The summed E-state index contributed by atoms with van der Waals surface area (Å²) in [5.41, 5.74) is 3.18. The number of carbonyl (C=O) groups is 1. The number of nitrogens with zero attached hydrogens (tertiary/aromatic N) is 2. The Hall–Kier alpha value is -3.13. The lowest BCUT2D eigenvalue weighted by Gasteiger charge is -2.24. The molecular formula is C20H23N5O3. The first kappa shape index (κ1) is 18.2. The highest BCUT2D eigenvalue weighted by molar-refractivity contribution is 5.94. The zero-order chi connectivity index (χ0) is 19.7. The number of furan rings is 1. The van der Waals surface area contributed by atoms with Crippen molar-refractivity contribution in [3.63, 3.8) is 0 Å². The van der Waals surface area contributed by atoms with Gasteiger partial charge in [0, 0.05) is 29.5 Å². The number of hydrogen-bond donors (Lipinski definition) is 3. The van der Waals surface area contributed by atoms with Gasteiger partial charge in [-0.15, -0.1) is 0 Å². The predicted molar refractivity (Wildman–Crippen MR) is 108 cm³/mol. The van der Waals surface area contributed by atoms with E-state index in [2.05, 4.69) is 32.8 Å². The number of rotatable bonds is 5. The Balaban J connectivity index is 1.67. The van der Waals surface area contributed by atoms with Gasteiger partial charge in [0.15, 0.2) is 11.4 Å². The van der Waals surface area contributed by atoms with Gasteiger partial charge >= 0.3 is 0 Å². The van der Waals surface area contributed by atoms with E-state index in [4.69, 9.17) is 9.15 Å². The first-order chi connectivity index (χ1) is 13.5. The number of anilines is 4. The molecule has 0 atom stereocenters. The molecule has 28 heavy (non-hydrogen) atoms. The molecule has 1 aliphatic heterocycles. The third-order valence-electron chi connectivity index (χ3n) is 4.61. The van der Waals surface area contributed by atoms with Crippen molar-refractivity contribution in [1.29, 1.82) is 0 Å². The van der Waals surface area contributed by atoms with Gasteiger partial charge in [0.2, 0.25) is 11.9 Å². The SMILES string of the molecule is CCCNc1nc(Nc2ccc3c(c2)NC(=O)COC3(C)C)nc2ccoc12. The lowest BCUT2D eigenvalue weighted by molar-refractivity contribution is -0.125. The molecule has 3 aromatic rings. The molecule has 1 amide bonds. The van der Waals surface area contributed by atoms with Crippen molar-refractivity contribution in [2.24, 2.45) is 0 Å². The molecule has 146 valence electrons. The standard InChI is InChI=1S/C20H23N5O3/c1-4-8-21-18-17-14(7-9-27-17)24-19(25-18)22-12-5-6-13-15(10-12)23-16(26)11-28-20(13,2)3/h5-7,9-10H,4,8,11H2,1-3H3,(H,23,26)(H2,21,22,24,25). The van der Waals surface area contributed by atoms with Crippen LogP contribution in [-0.2, 0) is 15.1 Å². The fraction of sp³-hybridized carbons (Fsp3) is 0.350. The molecular weight excluding hydrogens is 358 g/mol. The molecule has 8 nitrogen and oxygen atoms in total. The molecule has 3 N–H and O–H groups in total. The van der Waals surface area contributed by atoms with Crippen LogP contribution in [0.25, 0.3) is 11.1 Å². The molecule has 4 rings (SSSR count). The second-order valence-electron chi connectivity index (χ2n) is 7.19. The number of nitrogens with one attached hydrogen (secondary N) is 3. The minimum atomic E-state index is -0.559. The minimum Gasteiger partial charge on any atom is -0.459 e. The van der Waals surface area contributed by atoms with Crippen LogP contribution >= 0.6 is 0 Å². The molecule has 0 unspecified atom stereocenters. The van der Waals surface area contributed by atoms with E-state index in [9.17, 15) is 4.79 Å². The maximum absolute atomic E-state index is 12.0. The Morgan fingerprint density at radius 2 is 2.11 bits per heavy atom. The summed E-state index contributed by atoms with van der Waals surface area (Å²) in [6.45, 7) is 6.78. The van der Waals surface area contributed by atoms with Crippen molar-refractivity contribution in [3.05, 3.63) is 36.1 Å². The van der Waals surface area contributed by atoms with Crippen LogP contribution in [0, 0.1) is 0 Å². The third-order valence-corrected chi connectivity index (χ3v) is 4.61. The summed E-state index contributed by atoms with van der Waals surface area (Å²) in [6, 6.07) is 7.53. The number of aromatic nitrogens is 2. The topological polar surface area (TPSA) is 101 Å². The fourth-order valence-electron chi connectivity index (χ4n) is 3.17. The number of ether oxygens (including phenoxy) is 1. The summed E-state index contributed by atoms with van der Waals surface area (Å²) in [7, 11) is 0. The molecule has 0 saturated carbocycles. The zero-order valence-corrected chi connectivity index (χ0v) is 16.1. The van der Waals surface area contributed by atoms with Gasteiger partial charge < -0.3 is 25.1 Å². The monoisotopic (exact) mass is 381 g/mol. The van der Waals surface area contributed by atoms with Gasteiger partial charge in [-0.1, -0.05) is 13.0 Å². The van der Waals surface area contributed by atoms with E-state index in [0.29, 0.717) is 28.6 Å². The molecule has 8 heteroatoms. The Morgan fingerprint density at radius 3 is 2.93 bits per heavy atom. The first-order valence-corrected chi connectivity index (χ1v) is 9.31. The lowest BCUT2D eigenvalue weighted by atomic mass is 9.96. The molecule has 2 aromatic heterocycles. The maximum Gasteiger partial charge on any atom is 0.250 e. The van der Waals surface area contributed by atoms with Gasteiger partial charge in [0.05, 0.1) is 11.9 Å². The second kappa shape index (κ2) is 7.12. The van der Waals surface area contributed by atoms with Crippen LogP contribution in [0.4, 0.5) is 23.1 Å². The van der Waals surface area contributed by atoms with E-state index >= 15 is 0 Å². The van der Waals surface area contributed by atoms with E-state index in [1.165, 1.54) is 0 Å². The third kappa shape index (κ3) is 3.50. The van der Waals surface area contributed by atoms with Crippen molar-refractivity contribution in [2.75, 3.05) is 29.1 Å². The van der Waals surface area contributed by atoms with Crippen LogP contribution in [0.2, 0.25) is 0 Å². The fourth-order valence-corrected chi connectivity index (χ4v) is 3.17. The normalized spacial score (nSPS) is 15.6. The van der Waals surface area contributed by atoms with Crippen molar-refractivity contribution < 1.29 is 13.9 Å². The first-order valence-electron chi connectivity index (χ1n) is 9.31. The summed E-state index contributed by atoms with van der Waals surface area (Å²) < 4.78 is 11.2. The van der Waals surface area contributed by atoms with Crippen LogP contribution in [0.15, 0.2) is 34.9 Å². The smallest absolute Gasteiger partial charge is 0.250 e. The van der Waals surface area contributed by atoms with Crippen LogP contribution in [0.1, 0.15) is 32.8 Å². The summed E-state index contributed by atoms with van der Waals surface area (Å²) in [5, 5.41) is 9.38. The van der Waals surface area contributed by atoms with Crippen molar-refractivity contribution >= 4 is 40.1 Å². The minimum absolute atomic E-state index is 0.0250.